The lowest BCUT2D eigenvalue weighted by Gasteiger charge is -2.28. The number of unbranched alkanes of at least 4 members (excludes halogenated alkanes) is 2. The highest BCUT2D eigenvalue weighted by Gasteiger charge is 2.41. The molecule has 1 aliphatic rings. The summed E-state index contributed by atoms with van der Waals surface area (Å²) < 4.78 is 52.2. The van der Waals surface area contributed by atoms with Crippen molar-refractivity contribution in [1.29, 1.82) is 0 Å². The second-order valence-electron chi connectivity index (χ2n) is 10.8. The molecule has 12 nitrogen and oxygen atoms in total. The van der Waals surface area contributed by atoms with Gasteiger partial charge in [-0.25, -0.2) is 9.36 Å². The van der Waals surface area contributed by atoms with Gasteiger partial charge in [-0.3, -0.25) is 23.7 Å². The summed E-state index contributed by atoms with van der Waals surface area (Å²) in [6.45, 7) is 5.46. The third-order valence-corrected chi connectivity index (χ3v) is 9.09. The zero-order valence-electron chi connectivity index (χ0n) is 24.9. The van der Waals surface area contributed by atoms with Crippen LogP contribution in [0.5, 0.6) is 5.75 Å². The molecule has 1 fully saturated rings. The van der Waals surface area contributed by atoms with Crippen molar-refractivity contribution in [3.05, 3.63) is 75.3 Å². The second kappa shape index (κ2) is 15.1. The van der Waals surface area contributed by atoms with E-state index in [1.165, 1.54) is 0 Å². The fourth-order valence-corrected chi connectivity index (χ4v) is 6.45. The topological polar surface area (TPSA) is 158 Å². The fourth-order valence-electron chi connectivity index (χ4n) is 4.81. The summed E-state index contributed by atoms with van der Waals surface area (Å²) in [6, 6.07) is 11.5. The maximum atomic E-state index is 14.4. The number of benzene rings is 2. The van der Waals surface area contributed by atoms with Gasteiger partial charge in [-0.15, -0.1) is 0 Å². The number of nitrogens with zero attached hydrogens (tertiary/aromatic N) is 1. The maximum Gasteiger partial charge on any atom is 0.459 e. The summed E-state index contributed by atoms with van der Waals surface area (Å²) in [6.07, 6.45) is 0.190. The molecule has 3 N–H and O–H groups in total. The highest BCUT2D eigenvalue weighted by atomic mass is 31.2. The van der Waals surface area contributed by atoms with Crippen molar-refractivity contribution in [2.75, 3.05) is 13.2 Å². The Labute approximate surface area is 254 Å². The third kappa shape index (κ3) is 8.22. The number of nitrogens with one attached hydrogen (secondary N) is 2. The van der Waals surface area contributed by atoms with E-state index in [-0.39, 0.29) is 24.7 Å². The number of ether oxygens (including phenoxy) is 2. The smallest absolute Gasteiger partial charge is 0.459 e. The van der Waals surface area contributed by atoms with Crippen molar-refractivity contribution in [1.82, 2.24) is 14.6 Å². The number of aromatic amines is 1. The zero-order chi connectivity index (χ0) is 31.9. The molecular formula is C30H39FN3O9P. The van der Waals surface area contributed by atoms with E-state index in [2.05, 4.69) is 5.09 Å². The van der Waals surface area contributed by atoms with Crippen LogP contribution in [0.4, 0.5) is 4.39 Å². The Morgan fingerprint density at radius 1 is 1.20 bits per heavy atom. The number of H-pyrrole nitrogens is 1. The lowest BCUT2D eigenvalue weighted by atomic mass is 10.0. The van der Waals surface area contributed by atoms with E-state index in [9.17, 15) is 28.4 Å². The zero-order valence-corrected chi connectivity index (χ0v) is 25.8. The number of carbonyl (C=O) groups excluding carboxylic acids is 1. The lowest BCUT2D eigenvalue weighted by Crippen LogP contribution is -2.43. The Bertz CT molecular complexity index is 1590. The van der Waals surface area contributed by atoms with Crippen molar-refractivity contribution in [2.45, 2.75) is 77.4 Å². The predicted molar refractivity (Wildman–Crippen MR) is 161 cm³/mol. The van der Waals surface area contributed by atoms with E-state index in [1.54, 1.807) is 24.3 Å². The number of esters is 1. The molecule has 0 radical (unpaired) electrons. The van der Waals surface area contributed by atoms with Gasteiger partial charge in [-0.1, -0.05) is 76.4 Å². The van der Waals surface area contributed by atoms with Crippen LogP contribution in [0, 0.1) is 11.7 Å². The van der Waals surface area contributed by atoms with E-state index < -0.39 is 61.9 Å². The Balaban J connectivity index is 1.58. The van der Waals surface area contributed by atoms with Crippen molar-refractivity contribution >= 4 is 24.5 Å². The molecule has 1 aromatic heterocycles. The van der Waals surface area contributed by atoms with Crippen LogP contribution in [0.3, 0.4) is 0 Å². The monoisotopic (exact) mass is 635 g/mol. The first kappa shape index (κ1) is 33.5. The van der Waals surface area contributed by atoms with Gasteiger partial charge in [0.2, 0.25) is 5.82 Å². The molecule has 0 amide bonds. The van der Waals surface area contributed by atoms with Crippen LogP contribution < -0.4 is 20.9 Å². The van der Waals surface area contributed by atoms with Crippen molar-refractivity contribution in [2.24, 2.45) is 5.92 Å². The number of rotatable bonds is 15. The molecule has 2 heterocycles. The highest BCUT2D eigenvalue weighted by Crippen LogP contribution is 2.48. The predicted octanol–water partition coefficient (Wildman–Crippen LogP) is 4.42. The van der Waals surface area contributed by atoms with Gasteiger partial charge in [0.15, 0.2) is 0 Å². The molecule has 0 saturated carbocycles. The average molecular weight is 636 g/mol. The Kier molecular flexibility index (Phi) is 11.5. The molecule has 0 bridgehead atoms. The third-order valence-electron chi connectivity index (χ3n) is 7.57. The summed E-state index contributed by atoms with van der Waals surface area (Å²) in [7, 11) is -4.38. The van der Waals surface area contributed by atoms with E-state index in [0.29, 0.717) is 24.4 Å². The fraction of sp³-hybridized carbons (Fsp3) is 0.500. The van der Waals surface area contributed by atoms with Gasteiger partial charge in [0.05, 0.1) is 25.5 Å². The SMILES string of the molecule is CCCCCOC(=O)[C@@H](NP(=O)(OC[C@H]1O[C@@H](n2cc(F)c(=O)[nH]c2=O)C[C@@H]1O)Oc1cccc2ccccc12)[C@@H](C)CC. The van der Waals surface area contributed by atoms with Crippen LogP contribution in [0.2, 0.25) is 0 Å². The van der Waals surface area contributed by atoms with Crippen LogP contribution in [0.15, 0.2) is 58.3 Å². The maximum absolute atomic E-state index is 14.4. The minimum atomic E-state index is -4.38. The number of hydrogen-bond acceptors (Lipinski definition) is 9. The highest BCUT2D eigenvalue weighted by molar-refractivity contribution is 7.52. The minimum Gasteiger partial charge on any atom is -0.465 e. The normalized spacial score (nSPS) is 21.1. The van der Waals surface area contributed by atoms with Gasteiger partial charge in [0.1, 0.15) is 24.1 Å². The van der Waals surface area contributed by atoms with Crippen LogP contribution in [-0.2, 0) is 23.4 Å². The molecular weight excluding hydrogens is 596 g/mol. The number of carbonyl (C=O) groups is 1. The van der Waals surface area contributed by atoms with Crippen molar-refractivity contribution in [3.63, 3.8) is 0 Å². The Morgan fingerprint density at radius 3 is 2.70 bits per heavy atom. The van der Waals surface area contributed by atoms with E-state index in [1.807, 2.05) is 44.0 Å². The Morgan fingerprint density at radius 2 is 1.95 bits per heavy atom. The summed E-state index contributed by atoms with van der Waals surface area (Å²) in [4.78, 5) is 38.7. The van der Waals surface area contributed by atoms with E-state index >= 15 is 0 Å². The molecule has 4 rings (SSSR count). The molecule has 2 aromatic carbocycles. The first-order valence-electron chi connectivity index (χ1n) is 14.8. The Hall–Kier alpha value is -3.35. The molecule has 1 unspecified atom stereocenters. The van der Waals surface area contributed by atoms with Gasteiger partial charge >= 0.3 is 19.4 Å². The van der Waals surface area contributed by atoms with Gasteiger partial charge in [0.25, 0.3) is 5.56 Å². The summed E-state index contributed by atoms with van der Waals surface area (Å²) in [5.41, 5.74) is -2.10. The van der Waals surface area contributed by atoms with Crippen molar-refractivity contribution < 1.29 is 37.4 Å². The minimum absolute atomic E-state index is 0.138. The molecule has 240 valence electrons. The van der Waals surface area contributed by atoms with Gasteiger partial charge in [0, 0.05) is 11.8 Å². The number of hydrogen-bond donors (Lipinski definition) is 3. The van der Waals surface area contributed by atoms with Crippen molar-refractivity contribution in [3.8, 4) is 5.75 Å². The number of aliphatic hydroxyl groups is 1. The van der Waals surface area contributed by atoms with Crippen LogP contribution >= 0.6 is 7.75 Å². The first-order chi connectivity index (χ1) is 21.0. The summed E-state index contributed by atoms with van der Waals surface area (Å²) >= 11 is 0. The van der Waals surface area contributed by atoms with Crippen LogP contribution in [0.1, 0.15) is 59.1 Å². The summed E-state index contributed by atoms with van der Waals surface area (Å²) in [5, 5.41) is 15.0. The molecule has 6 atom stereocenters. The summed E-state index contributed by atoms with van der Waals surface area (Å²) in [5.74, 6) is -1.88. The molecule has 44 heavy (non-hydrogen) atoms. The van der Waals surface area contributed by atoms with Crippen LogP contribution in [-0.4, -0.2) is 52.1 Å². The largest absolute Gasteiger partial charge is 0.465 e. The number of aliphatic hydroxyl groups excluding tert-OH is 1. The molecule has 3 aromatic rings. The lowest BCUT2D eigenvalue weighted by molar-refractivity contribution is -0.147. The standard InChI is InChI=1S/C30H39FN3O9P/c1-4-6-9-15-40-29(37)27(19(3)5-2)33-44(39,43-24-14-10-12-20-11-7-8-13-21(20)24)41-18-25-23(35)16-26(42-25)34-17-22(31)28(36)32-30(34)38/h7-8,10-14,17,19,23,25-27,35H,4-6,9,15-16,18H2,1-3H3,(H,33,39)(H,32,36,38)/t19-,23-,25+,26+,27-,44?/m0/s1. The number of fused-ring (bicyclic) bond motifs is 1. The molecule has 0 aliphatic carbocycles. The quantitative estimate of drug-likeness (QED) is 0.124. The first-order valence-corrected chi connectivity index (χ1v) is 16.3. The molecule has 1 aliphatic heterocycles. The second-order valence-corrected chi connectivity index (χ2v) is 12.5. The number of halogens is 1. The van der Waals surface area contributed by atoms with Gasteiger partial charge < -0.3 is 19.1 Å². The van der Waals surface area contributed by atoms with E-state index in [0.717, 1.165) is 22.8 Å². The van der Waals surface area contributed by atoms with Crippen LogP contribution in [0.25, 0.3) is 10.8 Å². The van der Waals surface area contributed by atoms with E-state index in [4.69, 9.17) is 18.5 Å². The molecule has 1 saturated heterocycles. The molecule has 14 heteroatoms. The average Bonchev–Trinajstić information content (AvgIpc) is 3.38. The van der Waals surface area contributed by atoms with Gasteiger partial charge in [-0.05, 0) is 23.8 Å². The number of aromatic nitrogens is 2. The molecule has 0 spiro atoms. The van der Waals surface area contributed by atoms with Gasteiger partial charge in [-0.2, -0.15) is 9.48 Å².